The Balaban J connectivity index is 1.77. The Kier molecular flexibility index (Phi) is 7.01. The first-order valence-corrected chi connectivity index (χ1v) is 11.7. The number of hydrogen-bond donors (Lipinski definition) is 0. The van der Waals surface area contributed by atoms with E-state index in [-0.39, 0.29) is 11.3 Å². The number of para-hydroxylation sites is 1. The van der Waals surface area contributed by atoms with Gasteiger partial charge < -0.3 is 4.74 Å². The molecule has 0 bridgehead atoms. The Hall–Kier alpha value is -3.51. The molecule has 4 rings (SSSR count). The molecule has 0 unspecified atom stereocenters. The Morgan fingerprint density at radius 2 is 1.78 bits per heavy atom. The van der Waals surface area contributed by atoms with Crippen molar-refractivity contribution in [1.29, 1.82) is 0 Å². The molecule has 1 heterocycles. The minimum Gasteiger partial charge on any atom is -0.448 e. The zero-order valence-corrected chi connectivity index (χ0v) is 21.4. The van der Waals surface area contributed by atoms with E-state index in [4.69, 9.17) is 4.74 Å². The fourth-order valence-electron chi connectivity index (χ4n) is 3.41. The van der Waals surface area contributed by atoms with E-state index in [9.17, 15) is 28.1 Å². The van der Waals surface area contributed by atoms with Crippen molar-refractivity contribution < 1.29 is 27.6 Å². The van der Waals surface area contributed by atoms with Gasteiger partial charge in [-0.3, -0.25) is 14.9 Å². The summed E-state index contributed by atoms with van der Waals surface area (Å²) < 4.78 is 46.0. The van der Waals surface area contributed by atoms with Crippen molar-refractivity contribution in [1.82, 2.24) is 0 Å². The number of hydrogen-bond acceptors (Lipinski definition) is 5. The molecule has 0 saturated heterocycles. The molecule has 3 aromatic carbocycles. The van der Waals surface area contributed by atoms with Gasteiger partial charge in [-0.05, 0) is 65.3 Å². The fourth-order valence-corrected chi connectivity index (χ4v) is 4.75. The lowest BCUT2D eigenvalue weighted by Gasteiger charge is -2.14. The molecular formula is C24H14Br2F3N3O4. The Labute approximate surface area is 219 Å². The highest BCUT2D eigenvalue weighted by molar-refractivity contribution is 9.11. The van der Waals surface area contributed by atoms with Crippen LogP contribution >= 0.6 is 31.9 Å². The number of carbonyl (C=O) groups excluding carboxylic acids is 1. The molecule has 1 aliphatic rings. The molecule has 184 valence electrons. The number of nitro benzene ring substituents is 1. The van der Waals surface area contributed by atoms with Gasteiger partial charge >= 0.3 is 11.9 Å². The number of nitrogens with zero attached hydrogens (tertiary/aromatic N) is 3. The number of anilines is 1. The van der Waals surface area contributed by atoms with E-state index in [0.717, 1.165) is 6.07 Å². The van der Waals surface area contributed by atoms with Crippen molar-refractivity contribution in [2.45, 2.75) is 13.1 Å². The zero-order chi connectivity index (χ0) is 26.2. The zero-order valence-electron chi connectivity index (χ0n) is 18.2. The van der Waals surface area contributed by atoms with Crippen LogP contribution in [0.4, 0.5) is 24.5 Å². The lowest BCUT2D eigenvalue weighted by Crippen LogP contribution is -2.21. The number of ether oxygens (including phenoxy) is 1. The summed E-state index contributed by atoms with van der Waals surface area (Å²) in [6.07, 6.45) is -3.26. The quantitative estimate of drug-likeness (QED) is 0.165. The van der Waals surface area contributed by atoms with Gasteiger partial charge in [0.1, 0.15) is 5.75 Å². The average molecular weight is 625 g/mol. The highest BCUT2D eigenvalue weighted by Gasteiger charge is 2.34. The maximum Gasteiger partial charge on any atom is 0.416 e. The van der Waals surface area contributed by atoms with Crippen LogP contribution in [0.3, 0.4) is 0 Å². The molecule has 36 heavy (non-hydrogen) atoms. The maximum absolute atomic E-state index is 13.1. The van der Waals surface area contributed by atoms with Gasteiger partial charge in [-0.1, -0.05) is 34.1 Å². The van der Waals surface area contributed by atoms with E-state index in [1.807, 2.05) is 0 Å². The molecule has 0 saturated carbocycles. The van der Waals surface area contributed by atoms with E-state index < -0.39 is 34.0 Å². The van der Waals surface area contributed by atoms with Crippen LogP contribution in [0, 0.1) is 10.1 Å². The summed E-state index contributed by atoms with van der Waals surface area (Å²) in [5, 5.41) is 17.1. The van der Waals surface area contributed by atoms with Gasteiger partial charge in [-0.25, -0.2) is 0 Å². The number of benzene rings is 3. The lowest BCUT2D eigenvalue weighted by molar-refractivity contribution is -0.385. The van der Waals surface area contributed by atoms with Crippen molar-refractivity contribution in [2.75, 3.05) is 5.01 Å². The predicted octanol–water partition coefficient (Wildman–Crippen LogP) is 7.74. The first-order chi connectivity index (χ1) is 17.0. The third-order valence-electron chi connectivity index (χ3n) is 5.10. The Bertz CT molecular complexity index is 1440. The number of amides is 1. The third-order valence-corrected chi connectivity index (χ3v) is 6.14. The van der Waals surface area contributed by atoms with Crippen molar-refractivity contribution >= 4 is 60.9 Å². The second kappa shape index (κ2) is 9.86. The largest absolute Gasteiger partial charge is 0.448 e. The van der Waals surface area contributed by atoms with Gasteiger partial charge in [0.05, 0.1) is 31.9 Å². The summed E-state index contributed by atoms with van der Waals surface area (Å²) in [6, 6.07) is 14.0. The smallest absolute Gasteiger partial charge is 0.416 e. The first kappa shape index (κ1) is 25.6. The molecule has 3 aromatic rings. The summed E-state index contributed by atoms with van der Waals surface area (Å²) in [6.45, 7) is 1.65. The van der Waals surface area contributed by atoms with Gasteiger partial charge in [0, 0.05) is 16.1 Å². The van der Waals surface area contributed by atoms with Crippen LogP contribution in [0.1, 0.15) is 18.1 Å². The van der Waals surface area contributed by atoms with E-state index in [1.165, 1.54) is 11.1 Å². The van der Waals surface area contributed by atoms with Crippen molar-refractivity contribution in [3.63, 3.8) is 0 Å². The van der Waals surface area contributed by atoms with Crippen LogP contribution in [-0.2, 0) is 11.0 Å². The summed E-state index contributed by atoms with van der Waals surface area (Å²) in [7, 11) is 0. The molecule has 0 radical (unpaired) electrons. The van der Waals surface area contributed by atoms with Crippen molar-refractivity contribution in [3.8, 4) is 11.5 Å². The molecule has 0 spiro atoms. The minimum absolute atomic E-state index is 0.0623. The Morgan fingerprint density at radius 1 is 1.08 bits per heavy atom. The standard InChI is InChI=1S/C24H14Br2F3N3O4/c1-13-18(23(33)31(30-13)17-5-3-2-4-6-17)10-14-9-16(25)12-19(26)22(14)36-21-8-7-15(24(27,28)29)11-20(21)32(34)35/h2-12H,1H3/b18-10+. The number of halogens is 5. The van der Waals surface area contributed by atoms with Gasteiger partial charge in [0.15, 0.2) is 0 Å². The number of nitro groups is 1. The van der Waals surface area contributed by atoms with Crippen LogP contribution in [0.25, 0.3) is 6.08 Å². The number of carbonyl (C=O) groups is 1. The first-order valence-electron chi connectivity index (χ1n) is 10.1. The lowest BCUT2D eigenvalue weighted by atomic mass is 10.1. The number of alkyl halides is 3. The summed E-state index contributed by atoms with van der Waals surface area (Å²) >= 11 is 6.69. The highest BCUT2D eigenvalue weighted by atomic mass is 79.9. The summed E-state index contributed by atoms with van der Waals surface area (Å²) in [5.74, 6) is -0.738. The van der Waals surface area contributed by atoms with Crippen LogP contribution in [-0.4, -0.2) is 16.5 Å². The van der Waals surface area contributed by atoms with Gasteiger partial charge in [0.2, 0.25) is 5.75 Å². The predicted molar refractivity (Wildman–Crippen MR) is 135 cm³/mol. The van der Waals surface area contributed by atoms with Crippen LogP contribution in [0.15, 0.2) is 80.3 Å². The topological polar surface area (TPSA) is 85.0 Å². The molecule has 0 fully saturated rings. The van der Waals surface area contributed by atoms with Gasteiger partial charge in [0.25, 0.3) is 5.91 Å². The van der Waals surface area contributed by atoms with E-state index >= 15 is 0 Å². The monoisotopic (exact) mass is 623 g/mol. The number of rotatable bonds is 5. The molecule has 0 aromatic heterocycles. The van der Waals surface area contributed by atoms with E-state index in [2.05, 4.69) is 37.0 Å². The minimum atomic E-state index is -4.76. The second-order valence-corrected chi connectivity index (χ2v) is 9.31. The molecule has 0 aliphatic carbocycles. The molecule has 1 amide bonds. The summed E-state index contributed by atoms with van der Waals surface area (Å²) in [5.41, 5.74) is -0.468. The van der Waals surface area contributed by atoms with Crippen LogP contribution in [0.5, 0.6) is 11.5 Å². The maximum atomic E-state index is 13.1. The molecule has 0 atom stereocenters. The van der Waals surface area contributed by atoms with E-state index in [0.29, 0.717) is 38.0 Å². The molecule has 7 nitrogen and oxygen atoms in total. The molecular weight excluding hydrogens is 611 g/mol. The molecule has 12 heteroatoms. The molecule has 0 N–H and O–H groups in total. The SMILES string of the molecule is CC1=NN(c2ccccc2)C(=O)/C1=C/c1cc(Br)cc(Br)c1Oc1ccc(C(F)(F)F)cc1[N+](=O)[O-]. The Morgan fingerprint density at radius 3 is 2.42 bits per heavy atom. The molecule has 1 aliphatic heterocycles. The van der Waals surface area contributed by atoms with Crippen LogP contribution < -0.4 is 9.75 Å². The van der Waals surface area contributed by atoms with Crippen LogP contribution in [0.2, 0.25) is 0 Å². The summed E-state index contributed by atoms with van der Waals surface area (Å²) in [4.78, 5) is 23.7. The van der Waals surface area contributed by atoms with Gasteiger partial charge in [-0.15, -0.1) is 0 Å². The highest BCUT2D eigenvalue weighted by Crippen LogP contribution is 2.42. The average Bonchev–Trinajstić information content (AvgIpc) is 3.09. The van der Waals surface area contributed by atoms with Gasteiger partial charge in [-0.2, -0.15) is 23.3 Å². The van der Waals surface area contributed by atoms with Crippen molar-refractivity contribution in [3.05, 3.63) is 96.4 Å². The fraction of sp³-hybridized carbons (Fsp3) is 0.0833. The third kappa shape index (κ3) is 5.19. The van der Waals surface area contributed by atoms with Crippen molar-refractivity contribution in [2.24, 2.45) is 5.10 Å². The second-order valence-electron chi connectivity index (χ2n) is 7.54. The number of hydrazone groups is 1. The van der Waals surface area contributed by atoms with E-state index in [1.54, 1.807) is 49.4 Å². The normalized spacial score (nSPS) is 14.8.